The van der Waals surface area contributed by atoms with E-state index in [1.165, 1.54) is 0 Å². The van der Waals surface area contributed by atoms with Crippen LogP contribution < -0.4 is 9.47 Å². The number of phenols is 1. The molecule has 0 aromatic heterocycles. The summed E-state index contributed by atoms with van der Waals surface area (Å²) in [7, 11) is 1.66. The van der Waals surface area contributed by atoms with Gasteiger partial charge in [0.2, 0.25) is 0 Å². The van der Waals surface area contributed by atoms with Crippen molar-refractivity contribution in [2.75, 3.05) is 7.11 Å². The summed E-state index contributed by atoms with van der Waals surface area (Å²) in [5.74, 6) is 0.944. The van der Waals surface area contributed by atoms with Gasteiger partial charge < -0.3 is 19.7 Å². The zero-order valence-electron chi connectivity index (χ0n) is 23.8. The van der Waals surface area contributed by atoms with Crippen LogP contribution >= 0.6 is 31.9 Å². The van der Waals surface area contributed by atoms with Gasteiger partial charge in [-0.05, 0) is 98.1 Å². The molecule has 4 aromatic rings. The molecule has 2 N–H and O–H groups in total. The summed E-state index contributed by atoms with van der Waals surface area (Å²) in [6.45, 7) is 8.34. The molecule has 0 spiro atoms. The van der Waals surface area contributed by atoms with Crippen LogP contribution in [-0.2, 0) is 17.6 Å². The molecule has 0 bridgehead atoms. The molecule has 0 fully saturated rings. The highest BCUT2D eigenvalue weighted by Crippen LogP contribution is 2.48. The number of aliphatic carboxylic acids is 1. The van der Waals surface area contributed by atoms with E-state index in [0.29, 0.717) is 26.0 Å². The summed E-state index contributed by atoms with van der Waals surface area (Å²) < 4.78 is 13.8. The maximum absolute atomic E-state index is 11.3. The van der Waals surface area contributed by atoms with E-state index in [9.17, 15) is 15.0 Å². The summed E-state index contributed by atoms with van der Waals surface area (Å²) in [6, 6.07) is 21.6. The van der Waals surface area contributed by atoms with Crippen LogP contribution in [0.25, 0.3) is 0 Å². The predicted molar refractivity (Wildman–Crippen MR) is 170 cm³/mol. The van der Waals surface area contributed by atoms with Gasteiger partial charge in [0, 0.05) is 22.6 Å². The van der Waals surface area contributed by atoms with E-state index in [1.54, 1.807) is 25.3 Å². The van der Waals surface area contributed by atoms with Gasteiger partial charge in [0.05, 0.1) is 22.5 Å². The minimum absolute atomic E-state index is 0.106. The molecule has 0 saturated heterocycles. The molecule has 0 amide bonds. The van der Waals surface area contributed by atoms with Crippen LogP contribution in [0.4, 0.5) is 0 Å². The van der Waals surface area contributed by atoms with E-state index in [-0.39, 0.29) is 24.0 Å². The van der Waals surface area contributed by atoms with Crippen molar-refractivity contribution in [1.29, 1.82) is 0 Å². The highest BCUT2D eigenvalue weighted by molar-refractivity contribution is 9.11. The molecule has 41 heavy (non-hydrogen) atoms. The first-order chi connectivity index (χ1) is 19.5. The third-order valence-corrected chi connectivity index (χ3v) is 8.29. The molecule has 5 nitrogen and oxygen atoms in total. The molecular formula is C34H34Br2O5. The zero-order chi connectivity index (χ0) is 29.8. The second-order valence-corrected chi connectivity index (χ2v) is 12.2. The minimum Gasteiger partial charge on any atom is -0.508 e. The van der Waals surface area contributed by atoms with E-state index in [2.05, 4.69) is 83.8 Å². The Kier molecular flexibility index (Phi) is 9.82. The number of carbonyl (C=O) groups is 1. The molecule has 1 atom stereocenters. The molecule has 214 valence electrons. The second-order valence-electron chi connectivity index (χ2n) is 10.4. The highest BCUT2D eigenvalue weighted by atomic mass is 79.9. The number of halogens is 2. The van der Waals surface area contributed by atoms with E-state index >= 15 is 0 Å². The van der Waals surface area contributed by atoms with Crippen LogP contribution in [0, 0.1) is 6.92 Å². The molecular weight excluding hydrogens is 648 g/mol. The number of hydrogen-bond acceptors (Lipinski definition) is 4. The zero-order valence-corrected chi connectivity index (χ0v) is 27.0. The number of aryl methyl sites for hydroxylation is 2. The SMILES string of the molecule is CCc1ccc(O)c(C(c2cccc(C)c2)c2cc(OC)c(C(C)C)cc2Oc2c(Br)cc(CC(=O)O)cc2Br)c1. The largest absolute Gasteiger partial charge is 0.508 e. The Morgan fingerprint density at radius 3 is 2.15 bits per heavy atom. The lowest BCUT2D eigenvalue weighted by Gasteiger charge is -2.26. The van der Waals surface area contributed by atoms with E-state index in [1.807, 2.05) is 24.3 Å². The molecule has 1 unspecified atom stereocenters. The van der Waals surface area contributed by atoms with Crippen molar-refractivity contribution in [2.45, 2.75) is 52.4 Å². The van der Waals surface area contributed by atoms with Crippen LogP contribution in [0.3, 0.4) is 0 Å². The Morgan fingerprint density at radius 2 is 1.56 bits per heavy atom. The van der Waals surface area contributed by atoms with Gasteiger partial charge in [-0.1, -0.05) is 62.7 Å². The predicted octanol–water partition coefficient (Wildman–Crippen LogP) is 9.52. The average molecular weight is 682 g/mol. The van der Waals surface area contributed by atoms with Gasteiger partial charge in [-0.3, -0.25) is 4.79 Å². The normalized spacial score (nSPS) is 11.9. The topological polar surface area (TPSA) is 76.0 Å². The summed E-state index contributed by atoms with van der Waals surface area (Å²) in [5, 5.41) is 20.5. The van der Waals surface area contributed by atoms with Gasteiger partial charge in [0.25, 0.3) is 0 Å². The fraction of sp³-hybridized carbons (Fsp3) is 0.265. The Labute approximate surface area is 258 Å². The van der Waals surface area contributed by atoms with Crippen LogP contribution in [0.15, 0.2) is 75.7 Å². The summed E-state index contributed by atoms with van der Waals surface area (Å²) in [4.78, 5) is 11.3. The van der Waals surface area contributed by atoms with Crippen molar-refractivity contribution in [3.8, 4) is 23.0 Å². The number of phenolic OH excluding ortho intramolecular Hbond substituents is 1. The summed E-state index contributed by atoms with van der Waals surface area (Å²) in [6.07, 6.45) is 0.723. The van der Waals surface area contributed by atoms with Crippen molar-refractivity contribution in [3.05, 3.63) is 115 Å². The minimum atomic E-state index is -0.911. The number of hydrogen-bond donors (Lipinski definition) is 2. The van der Waals surface area contributed by atoms with Crippen LogP contribution in [-0.4, -0.2) is 23.3 Å². The Hall–Kier alpha value is -3.29. The Balaban J connectivity index is 2.01. The van der Waals surface area contributed by atoms with Gasteiger partial charge >= 0.3 is 5.97 Å². The second kappa shape index (κ2) is 13.1. The molecule has 0 aliphatic rings. The lowest BCUT2D eigenvalue weighted by Crippen LogP contribution is -2.09. The number of aromatic hydroxyl groups is 1. The Morgan fingerprint density at radius 1 is 0.878 bits per heavy atom. The van der Waals surface area contributed by atoms with Crippen molar-refractivity contribution >= 4 is 37.8 Å². The lowest BCUT2D eigenvalue weighted by atomic mass is 9.81. The number of rotatable bonds is 10. The third-order valence-electron chi connectivity index (χ3n) is 7.11. The van der Waals surface area contributed by atoms with Gasteiger partial charge in [0.15, 0.2) is 5.75 Å². The number of carboxylic acid groups (broad SMARTS) is 1. The fourth-order valence-electron chi connectivity index (χ4n) is 5.06. The number of carboxylic acids is 1. The van der Waals surface area contributed by atoms with Gasteiger partial charge in [-0.15, -0.1) is 0 Å². The highest BCUT2D eigenvalue weighted by Gasteiger charge is 2.27. The van der Waals surface area contributed by atoms with Gasteiger partial charge in [0.1, 0.15) is 17.2 Å². The van der Waals surface area contributed by atoms with Crippen molar-refractivity contribution < 1.29 is 24.5 Å². The average Bonchev–Trinajstić information content (AvgIpc) is 2.91. The van der Waals surface area contributed by atoms with Gasteiger partial charge in [-0.25, -0.2) is 0 Å². The molecule has 0 aliphatic heterocycles. The van der Waals surface area contributed by atoms with E-state index in [4.69, 9.17) is 9.47 Å². The lowest BCUT2D eigenvalue weighted by molar-refractivity contribution is -0.136. The van der Waals surface area contributed by atoms with Crippen molar-refractivity contribution in [2.24, 2.45) is 0 Å². The molecule has 0 radical (unpaired) electrons. The molecule has 7 heteroatoms. The maximum atomic E-state index is 11.3. The van der Waals surface area contributed by atoms with E-state index < -0.39 is 5.97 Å². The first kappa shape index (κ1) is 30.7. The first-order valence-electron chi connectivity index (χ1n) is 13.5. The number of benzene rings is 4. The Bertz CT molecular complexity index is 1550. The van der Waals surface area contributed by atoms with Crippen LogP contribution in [0.1, 0.15) is 71.6 Å². The molecule has 4 aromatic carbocycles. The van der Waals surface area contributed by atoms with Crippen LogP contribution in [0.5, 0.6) is 23.0 Å². The summed E-state index contributed by atoms with van der Waals surface area (Å²) in [5.41, 5.74) is 6.45. The third kappa shape index (κ3) is 6.96. The first-order valence-corrected chi connectivity index (χ1v) is 15.1. The van der Waals surface area contributed by atoms with E-state index in [0.717, 1.165) is 45.6 Å². The fourth-order valence-corrected chi connectivity index (χ4v) is 6.50. The maximum Gasteiger partial charge on any atom is 0.307 e. The van der Waals surface area contributed by atoms with Crippen molar-refractivity contribution in [1.82, 2.24) is 0 Å². The monoisotopic (exact) mass is 680 g/mol. The quantitative estimate of drug-likeness (QED) is 0.163. The van der Waals surface area contributed by atoms with Gasteiger partial charge in [-0.2, -0.15) is 0 Å². The molecule has 0 aliphatic carbocycles. The van der Waals surface area contributed by atoms with Crippen molar-refractivity contribution in [3.63, 3.8) is 0 Å². The standard InChI is InChI=1S/C34H34Br2O5/c1-6-21-10-11-29(37)25(13-21)33(23-9-7-8-20(4)12-23)26-18-30(40-5)24(19(2)3)17-31(26)41-34-27(35)14-22(15-28(34)36)16-32(38)39/h7-15,17-19,33,37H,6,16H2,1-5H3,(H,38,39). The molecule has 0 saturated carbocycles. The number of methoxy groups -OCH3 is 1. The number of ether oxygens (including phenoxy) is 2. The van der Waals surface area contributed by atoms with Crippen LogP contribution in [0.2, 0.25) is 0 Å². The smallest absolute Gasteiger partial charge is 0.307 e. The molecule has 0 heterocycles. The summed E-state index contributed by atoms with van der Waals surface area (Å²) >= 11 is 7.20. The molecule has 4 rings (SSSR count).